The number of hydrogen-bond donors (Lipinski definition) is 0. The van der Waals surface area contributed by atoms with Gasteiger partial charge in [0.2, 0.25) is 0 Å². The Balaban J connectivity index is 1.00. The summed E-state index contributed by atoms with van der Waals surface area (Å²) in [5, 5.41) is 4.86. The van der Waals surface area contributed by atoms with Crippen molar-refractivity contribution in [2.75, 3.05) is 0 Å². The summed E-state index contributed by atoms with van der Waals surface area (Å²) in [4.78, 5) is 15.5. The van der Waals surface area contributed by atoms with Crippen LogP contribution in [0, 0.1) is 0 Å². The lowest BCUT2D eigenvalue weighted by molar-refractivity contribution is 1.07. The van der Waals surface area contributed by atoms with Crippen molar-refractivity contribution < 1.29 is 0 Å². The molecule has 1 aromatic heterocycles. The van der Waals surface area contributed by atoms with Crippen LogP contribution < -0.4 is 0 Å². The summed E-state index contributed by atoms with van der Waals surface area (Å²) in [5.41, 5.74) is 14.5. The molecule has 0 aliphatic heterocycles. The Morgan fingerprint density at radius 2 is 0.532 bits per heavy atom. The van der Waals surface area contributed by atoms with E-state index < -0.39 is 0 Å². The summed E-state index contributed by atoms with van der Waals surface area (Å²) in [6, 6.07) is 83.6. The lowest BCUT2D eigenvalue weighted by Gasteiger charge is -2.13. The maximum Gasteiger partial charge on any atom is 0.164 e. The van der Waals surface area contributed by atoms with Crippen molar-refractivity contribution in [3.63, 3.8) is 0 Å². The lowest BCUT2D eigenvalue weighted by atomic mass is 9.92. The van der Waals surface area contributed by atoms with E-state index in [2.05, 4.69) is 237 Å². The van der Waals surface area contributed by atoms with Crippen LogP contribution in [-0.4, -0.2) is 15.0 Å². The number of hydrogen-bond acceptors (Lipinski definition) is 3. The zero-order valence-electron chi connectivity index (χ0n) is 33.9. The molecule has 0 atom stereocenters. The van der Waals surface area contributed by atoms with Gasteiger partial charge in [-0.2, -0.15) is 0 Å². The van der Waals surface area contributed by atoms with Crippen LogP contribution in [0.15, 0.2) is 237 Å². The van der Waals surface area contributed by atoms with Crippen molar-refractivity contribution >= 4 is 21.5 Å². The van der Waals surface area contributed by atoms with Gasteiger partial charge in [0.15, 0.2) is 17.5 Å². The summed E-state index contributed by atoms with van der Waals surface area (Å²) in [5.74, 6) is 1.86. The van der Waals surface area contributed by atoms with Crippen LogP contribution in [0.4, 0.5) is 0 Å². The van der Waals surface area contributed by atoms with E-state index in [4.69, 9.17) is 15.0 Å². The van der Waals surface area contributed by atoms with Gasteiger partial charge in [-0.25, -0.2) is 15.0 Å². The van der Waals surface area contributed by atoms with Crippen molar-refractivity contribution in [1.82, 2.24) is 15.0 Å². The monoisotopic (exact) mass is 789 g/mol. The molecule has 0 spiro atoms. The van der Waals surface area contributed by atoms with Crippen molar-refractivity contribution in [3.05, 3.63) is 237 Å². The highest BCUT2D eigenvalue weighted by molar-refractivity contribution is 6.04. The van der Waals surface area contributed by atoms with Gasteiger partial charge in [0.25, 0.3) is 0 Å². The number of fused-ring (bicyclic) bond motifs is 2. The Hall–Kier alpha value is -8.27. The molecule has 0 amide bonds. The van der Waals surface area contributed by atoms with Crippen LogP contribution in [0.25, 0.3) is 111 Å². The van der Waals surface area contributed by atoms with Crippen LogP contribution in [-0.2, 0) is 0 Å². The normalized spacial score (nSPS) is 11.2. The number of nitrogens with zero attached hydrogens (tertiary/aromatic N) is 3. The second kappa shape index (κ2) is 16.1. The second-order valence-corrected chi connectivity index (χ2v) is 15.6. The van der Waals surface area contributed by atoms with E-state index in [9.17, 15) is 0 Å². The Bertz CT molecular complexity index is 3370. The molecule has 0 bridgehead atoms. The lowest BCUT2D eigenvalue weighted by Crippen LogP contribution is -2.00. The van der Waals surface area contributed by atoms with Gasteiger partial charge in [-0.1, -0.05) is 224 Å². The van der Waals surface area contributed by atoms with Crippen molar-refractivity contribution in [1.29, 1.82) is 0 Å². The molecule has 3 nitrogen and oxygen atoms in total. The van der Waals surface area contributed by atoms with Gasteiger partial charge in [0.1, 0.15) is 0 Å². The molecule has 0 radical (unpaired) electrons. The van der Waals surface area contributed by atoms with E-state index in [1.165, 1.54) is 49.4 Å². The average molecular weight is 790 g/mol. The minimum atomic E-state index is 0.620. The van der Waals surface area contributed by atoms with Crippen LogP contribution >= 0.6 is 0 Å². The van der Waals surface area contributed by atoms with E-state index in [0.29, 0.717) is 17.5 Å². The minimum Gasteiger partial charge on any atom is -0.208 e. The zero-order chi connectivity index (χ0) is 41.2. The predicted molar refractivity (Wildman–Crippen MR) is 258 cm³/mol. The van der Waals surface area contributed by atoms with Crippen LogP contribution in [0.1, 0.15) is 0 Å². The first-order valence-electron chi connectivity index (χ1n) is 21.0. The van der Waals surface area contributed by atoms with Gasteiger partial charge < -0.3 is 0 Å². The van der Waals surface area contributed by atoms with Gasteiger partial charge in [0.05, 0.1) is 0 Å². The molecular weight excluding hydrogens is 751 g/mol. The van der Waals surface area contributed by atoms with Crippen molar-refractivity contribution in [2.45, 2.75) is 0 Å². The van der Waals surface area contributed by atoms with Gasteiger partial charge in [-0.15, -0.1) is 0 Å². The molecule has 0 unspecified atom stereocenters. The smallest absolute Gasteiger partial charge is 0.164 e. The Labute approximate surface area is 361 Å². The van der Waals surface area contributed by atoms with Gasteiger partial charge in [0, 0.05) is 16.7 Å². The van der Waals surface area contributed by atoms with Crippen LogP contribution in [0.3, 0.4) is 0 Å². The fraction of sp³-hybridized carbons (Fsp3) is 0. The molecule has 0 aliphatic rings. The Morgan fingerprint density at radius 1 is 0.194 bits per heavy atom. The maximum atomic E-state index is 5.18. The predicted octanol–water partition coefficient (Wildman–Crippen LogP) is 15.5. The third-order valence-electron chi connectivity index (χ3n) is 11.8. The second-order valence-electron chi connectivity index (χ2n) is 15.6. The molecular formula is C59H39N3. The first-order chi connectivity index (χ1) is 30.7. The fourth-order valence-corrected chi connectivity index (χ4v) is 8.62. The Morgan fingerprint density at radius 3 is 1.16 bits per heavy atom. The third-order valence-corrected chi connectivity index (χ3v) is 11.8. The SMILES string of the molecule is c1ccc(-c2cccc(-c3ccc(-c4nc(-c5ccc(-c6cccc7ccccc67)cc5)nc(-c5cccc(-c6cccc7c(-c8ccccc8)cccc67)c5)n4)cc3)c2)cc1. The molecule has 10 aromatic carbocycles. The highest BCUT2D eigenvalue weighted by Gasteiger charge is 2.16. The summed E-state index contributed by atoms with van der Waals surface area (Å²) in [6.07, 6.45) is 0. The summed E-state index contributed by atoms with van der Waals surface area (Å²) in [6.45, 7) is 0. The number of aromatic nitrogens is 3. The van der Waals surface area contributed by atoms with Crippen molar-refractivity contribution in [3.8, 4) is 89.8 Å². The highest BCUT2D eigenvalue weighted by Crippen LogP contribution is 2.37. The van der Waals surface area contributed by atoms with Crippen LogP contribution in [0.2, 0.25) is 0 Å². The number of rotatable bonds is 8. The summed E-state index contributed by atoms with van der Waals surface area (Å²) < 4.78 is 0. The first kappa shape index (κ1) is 36.8. The summed E-state index contributed by atoms with van der Waals surface area (Å²) >= 11 is 0. The van der Waals surface area contributed by atoms with Crippen LogP contribution in [0.5, 0.6) is 0 Å². The average Bonchev–Trinajstić information content (AvgIpc) is 3.36. The molecule has 0 saturated carbocycles. The molecule has 290 valence electrons. The number of benzene rings is 10. The fourth-order valence-electron chi connectivity index (χ4n) is 8.62. The molecule has 0 saturated heterocycles. The van der Waals surface area contributed by atoms with Crippen molar-refractivity contribution in [2.24, 2.45) is 0 Å². The zero-order valence-corrected chi connectivity index (χ0v) is 33.9. The molecule has 0 fully saturated rings. The molecule has 1 heterocycles. The van der Waals surface area contributed by atoms with Gasteiger partial charge >= 0.3 is 0 Å². The first-order valence-corrected chi connectivity index (χ1v) is 21.0. The van der Waals surface area contributed by atoms with E-state index in [-0.39, 0.29) is 0 Å². The van der Waals surface area contributed by atoms with Gasteiger partial charge in [-0.3, -0.25) is 0 Å². The highest BCUT2D eigenvalue weighted by atomic mass is 15.0. The van der Waals surface area contributed by atoms with E-state index in [1.54, 1.807) is 0 Å². The minimum absolute atomic E-state index is 0.620. The molecule has 0 N–H and O–H groups in total. The quantitative estimate of drug-likeness (QED) is 0.154. The largest absolute Gasteiger partial charge is 0.208 e. The molecule has 3 heteroatoms. The molecule has 11 aromatic rings. The van der Waals surface area contributed by atoms with E-state index >= 15 is 0 Å². The molecule has 62 heavy (non-hydrogen) atoms. The Kier molecular flexibility index (Phi) is 9.53. The third kappa shape index (κ3) is 7.12. The van der Waals surface area contributed by atoms with E-state index in [1.807, 2.05) is 0 Å². The summed E-state index contributed by atoms with van der Waals surface area (Å²) in [7, 11) is 0. The maximum absolute atomic E-state index is 5.18. The standard InChI is InChI=1S/C59H39N3/c1-3-14-40(15-4-1)47-20-9-21-48(38-47)41-30-34-45(35-31-41)57-60-58(46-36-32-44(33-37-46)52-25-11-19-43-18-7-8-24-51(43)52)62-59(61-57)50-23-10-22-49(39-50)54-27-13-28-55-53(26-12-29-56(54)55)42-16-5-2-6-17-42/h1-39H. The van der Waals surface area contributed by atoms with E-state index in [0.717, 1.165) is 44.5 Å². The van der Waals surface area contributed by atoms with Gasteiger partial charge in [-0.05, 0) is 89.3 Å². The molecule has 11 rings (SSSR count). The topological polar surface area (TPSA) is 38.7 Å². The molecule has 0 aliphatic carbocycles.